The Hall–Kier alpha value is -3.90. The summed E-state index contributed by atoms with van der Waals surface area (Å²) in [6, 6.07) is 0. The number of rotatable bonds is 10. The molecule has 1 aliphatic rings. The molecule has 5 atom stereocenters. The molecule has 0 fully saturated rings. The van der Waals surface area contributed by atoms with Gasteiger partial charge in [0.05, 0.1) is 20.1 Å². The molecule has 13 heteroatoms. The molecule has 0 aliphatic carbocycles. The van der Waals surface area contributed by atoms with Gasteiger partial charge in [0, 0.05) is 33.3 Å². The number of carbonyl (C=O) groups is 6. The lowest BCUT2D eigenvalue weighted by Crippen LogP contribution is -2.56. The lowest BCUT2D eigenvalue weighted by molar-refractivity contribution is -0.201. The van der Waals surface area contributed by atoms with Crippen LogP contribution in [0.4, 0.5) is 0 Å². The van der Waals surface area contributed by atoms with Crippen molar-refractivity contribution in [2.24, 2.45) is 5.92 Å². The molecule has 0 saturated heterocycles. The molecule has 0 N–H and O–H groups in total. The normalized spacial score (nSPS) is 20.5. The largest absolute Gasteiger partial charge is 0.475 e. The highest BCUT2D eigenvalue weighted by molar-refractivity contribution is 5.91. The molecule has 1 rings (SSSR count). The van der Waals surface area contributed by atoms with Gasteiger partial charge in [-0.25, -0.2) is 9.59 Å². The van der Waals surface area contributed by atoms with Crippen LogP contribution in [0.15, 0.2) is 24.0 Å². The number of hydrogen-bond acceptors (Lipinski definition) is 13. The average Bonchev–Trinajstić information content (AvgIpc) is 2.78. The first-order valence-electron chi connectivity index (χ1n) is 10.2. The summed E-state index contributed by atoms with van der Waals surface area (Å²) < 4.78 is 35.9. The third kappa shape index (κ3) is 8.43. The highest BCUT2D eigenvalue weighted by Gasteiger charge is 2.50. The van der Waals surface area contributed by atoms with Crippen molar-refractivity contribution in [1.29, 1.82) is 0 Å². The zero-order chi connectivity index (χ0) is 26.9. The molecule has 194 valence electrons. The Morgan fingerprint density at radius 2 is 1.51 bits per heavy atom. The quantitative estimate of drug-likeness (QED) is 0.226. The van der Waals surface area contributed by atoms with E-state index in [1.54, 1.807) is 0 Å². The number of methoxy groups -OCH3 is 2. The summed E-state index contributed by atoms with van der Waals surface area (Å²) in [7, 11) is 2.16. The fourth-order valence-electron chi connectivity index (χ4n) is 3.24. The van der Waals surface area contributed by atoms with Crippen LogP contribution in [0.3, 0.4) is 0 Å². The van der Waals surface area contributed by atoms with E-state index in [9.17, 15) is 28.8 Å². The third-order valence-electron chi connectivity index (χ3n) is 4.57. The van der Waals surface area contributed by atoms with Gasteiger partial charge in [-0.05, 0) is 6.08 Å². The Morgan fingerprint density at radius 3 is 1.97 bits per heavy atom. The van der Waals surface area contributed by atoms with E-state index >= 15 is 0 Å². The first-order chi connectivity index (χ1) is 16.3. The van der Waals surface area contributed by atoms with Crippen molar-refractivity contribution in [3.05, 3.63) is 24.0 Å². The van der Waals surface area contributed by atoms with Crippen molar-refractivity contribution in [3.63, 3.8) is 0 Å². The molecule has 0 saturated carbocycles. The van der Waals surface area contributed by atoms with E-state index in [2.05, 4.69) is 16.1 Å². The van der Waals surface area contributed by atoms with Crippen LogP contribution in [-0.4, -0.2) is 81.1 Å². The van der Waals surface area contributed by atoms with Crippen molar-refractivity contribution in [3.8, 4) is 0 Å². The Bertz CT molecular complexity index is 903. The topological polar surface area (TPSA) is 167 Å². The summed E-state index contributed by atoms with van der Waals surface area (Å²) in [5.41, 5.74) is -0.237. The summed E-state index contributed by atoms with van der Waals surface area (Å²) in [5, 5.41) is 0. The fourth-order valence-corrected chi connectivity index (χ4v) is 3.24. The molecule has 1 heterocycles. The molecule has 13 nitrogen and oxygen atoms in total. The highest BCUT2D eigenvalue weighted by atomic mass is 16.6. The number of esters is 6. The molecular formula is C22H28O13. The summed E-state index contributed by atoms with van der Waals surface area (Å²) >= 11 is 0. The van der Waals surface area contributed by atoms with Crippen LogP contribution in [0, 0.1) is 5.92 Å². The van der Waals surface area contributed by atoms with Crippen molar-refractivity contribution < 1.29 is 61.9 Å². The number of ether oxygens (including phenoxy) is 7. The van der Waals surface area contributed by atoms with E-state index in [1.807, 2.05) is 0 Å². The van der Waals surface area contributed by atoms with E-state index in [0.29, 0.717) is 0 Å². The molecule has 0 unspecified atom stereocenters. The van der Waals surface area contributed by atoms with Gasteiger partial charge in [-0.1, -0.05) is 6.58 Å². The second-order valence-corrected chi connectivity index (χ2v) is 7.25. The van der Waals surface area contributed by atoms with Crippen molar-refractivity contribution >= 4 is 35.8 Å². The van der Waals surface area contributed by atoms with Gasteiger partial charge in [-0.15, -0.1) is 0 Å². The Balaban J connectivity index is 3.71. The Labute approximate surface area is 201 Å². The smallest absolute Gasteiger partial charge is 0.373 e. The van der Waals surface area contributed by atoms with Crippen LogP contribution < -0.4 is 0 Å². The fraction of sp³-hybridized carbons (Fsp3) is 0.545. The van der Waals surface area contributed by atoms with Crippen LogP contribution >= 0.6 is 0 Å². The van der Waals surface area contributed by atoms with Crippen molar-refractivity contribution in [2.45, 2.75) is 52.1 Å². The maximum atomic E-state index is 12.3. The number of hydrogen-bond donors (Lipinski definition) is 0. The first kappa shape index (κ1) is 29.1. The minimum atomic E-state index is -1.60. The van der Waals surface area contributed by atoms with E-state index in [-0.39, 0.29) is 5.57 Å². The van der Waals surface area contributed by atoms with E-state index in [1.165, 1.54) is 0 Å². The SMILES string of the molecule is C=C(C(=O)OC)[C@H]1C=C(C(=O)OC)O[C@@H]([C@H](OC(C)=O)[C@@H](COC(C)=O)OC(C)=O)[C@@H]1OC(C)=O. The van der Waals surface area contributed by atoms with Crippen LogP contribution in [-0.2, 0) is 61.9 Å². The molecule has 1 aliphatic heterocycles. The Kier molecular flexibility index (Phi) is 10.9. The molecule has 0 spiro atoms. The molecule has 0 aromatic rings. The predicted molar refractivity (Wildman–Crippen MR) is 113 cm³/mol. The van der Waals surface area contributed by atoms with Crippen molar-refractivity contribution in [2.75, 3.05) is 20.8 Å². The molecule has 0 radical (unpaired) electrons. The standard InChI is InChI=1S/C22H28O13/c1-10(21(27)29-6)15-8-16(22(28)30-7)35-20(18(15)33-13(4)25)19(34-14(5)26)17(32-12(3)24)9-31-11(2)23/h8,15,17-20H,1,9H2,2-7H3/t15-,17-,18-,19-,20-/m1/s1. The van der Waals surface area contributed by atoms with Gasteiger partial charge in [-0.2, -0.15) is 0 Å². The highest BCUT2D eigenvalue weighted by Crippen LogP contribution is 2.35. The molecule has 0 amide bonds. The second-order valence-electron chi connectivity index (χ2n) is 7.25. The molecular weight excluding hydrogens is 472 g/mol. The van der Waals surface area contributed by atoms with Crippen LogP contribution in [0.25, 0.3) is 0 Å². The van der Waals surface area contributed by atoms with Gasteiger partial charge < -0.3 is 33.2 Å². The predicted octanol–water partition coefficient (Wildman–Crippen LogP) is 0.146. The van der Waals surface area contributed by atoms with Crippen LogP contribution in [0.2, 0.25) is 0 Å². The minimum Gasteiger partial charge on any atom is -0.475 e. The lowest BCUT2D eigenvalue weighted by Gasteiger charge is -2.41. The van der Waals surface area contributed by atoms with Crippen LogP contribution in [0.5, 0.6) is 0 Å². The van der Waals surface area contributed by atoms with E-state index < -0.39 is 78.5 Å². The molecule has 0 aromatic heterocycles. The van der Waals surface area contributed by atoms with Gasteiger partial charge in [0.25, 0.3) is 0 Å². The van der Waals surface area contributed by atoms with E-state index in [4.69, 9.17) is 23.7 Å². The summed E-state index contributed by atoms with van der Waals surface area (Å²) in [6.45, 7) is 7.32. The van der Waals surface area contributed by atoms with Gasteiger partial charge in [0.15, 0.2) is 24.4 Å². The zero-order valence-electron chi connectivity index (χ0n) is 20.2. The average molecular weight is 500 g/mol. The van der Waals surface area contributed by atoms with Gasteiger partial charge in [0.1, 0.15) is 6.61 Å². The summed E-state index contributed by atoms with van der Waals surface area (Å²) in [6.07, 6.45) is -4.93. The first-order valence-corrected chi connectivity index (χ1v) is 10.2. The monoisotopic (exact) mass is 500 g/mol. The maximum absolute atomic E-state index is 12.3. The minimum absolute atomic E-state index is 0.237. The van der Waals surface area contributed by atoms with Gasteiger partial charge in [-0.3, -0.25) is 19.2 Å². The summed E-state index contributed by atoms with van der Waals surface area (Å²) in [5.74, 6) is -6.82. The van der Waals surface area contributed by atoms with Gasteiger partial charge >= 0.3 is 35.8 Å². The zero-order valence-corrected chi connectivity index (χ0v) is 20.2. The summed E-state index contributed by atoms with van der Waals surface area (Å²) in [4.78, 5) is 71.6. The second kappa shape index (κ2) is 13.1. The maximum Gasteiger partial charge on any atom is 0.373 e. The molecule has 35 heavy (non-hydrogen) atoms. The molecule has 0 aromatic carbocycles. The van der Waals surface area contributed by atoms with Crippen LogP contribution in [0.1, 0.15) is 27.7 Å². The molecule has 0 bridgehead atoms. The van der Waals surface area contributed by atoms with Crippen molar-refractivity contribution in [1.82, 2.24) is 0 Å². The lowest BCUT2D eigenvalue weighted by atomic mass is 9.84. The Morgan fingerprint density at radius 1 is 0.914 bits per heavy atom. The number of carbonyl (C=O) groups excluding carboxylic acids is 6. The van der Waals surface area contributed by atoms with E-state index in [0.717, 1.165) is 48.0 Å². The van der Waals surface area contributed by atoms with Gasteiger partial charge in [0.2, 0.25) is 5.76 Å². The third-order valence-corrected chi connectivity index (χ3v) is 4.57.